The molecule has 0 unspecified atom stereocenters. The maximum atomic E-state index is 12.1. The minimum absolute atomic E-state index is 0.109. The molecule has 6 nitrogen and oxygen atoms in total. The van der Waals surface area contributed by atoms with Gasteiger partial charge in [-0.25, -0.2) is 0 Å². The van der Waals surface area contributed by atoms with E-state index < -0.39 is 0 Å². The van der Waals surface area contributed by atoms with Gasteiger partial charge in [0, 0.05) is 17.6 Å². The van der Waals surface area contributed by atoms with E-state index in [-0.39, 0.29) is 17.1 Å². The number of aromatic nitrogens is 2. The van der Waals surface area contributed by atoms with Crippen LogP contribution in [0.3, 0.4) is 0 Å². The molecule has 6 heteroatoms. The van der Waals surface area contributed by atoms with E-state index in [0.29, 0.717) is 12.4 Å². The maximum Gasteiger partial charge on any atom is 0.272 e. The second-order valence-electron chi connectivity index (χ2n) is 6.17. The number of nitrogens with one attached hydrogen (secondary N) is 2. The highest BCUT2D eigenvalue weighted by Crippen LogP contribution is 2.17. The first-order valence-corrected chi connectivity index (χ1v) is 7.41. The van der Waals surface area contributed by atoms with Gasteiger partial charge in [-0.2, -0.15) is 0 Å². The second-order valence-corrected chi connectivity index (χ2v) is 6.17. The molecule has 2 aromatic rings. The number of nitrogens with zero attached hydrogens (tertiary/aromatic N) is 2. The molecular weight excluding hydrogens is 292 g/mol. The zero-order valence-electron chi connectivity index (χ0n) is 13.9. The number of carbonyl (C=O) groups excluding carboxylic acids is 1. The highest BCUT2D eigenvalue weighted by Gasteiger charge is 2.13. The number of methoxy groups -OCH3 is 1. The summed E-state index contributed by atoms with van der Waals surface area (Å²) in [6.07, 6.45) is 0. The number of benzene rings is 1. The molecule has 0 atom stereocenters. The summed E-state index contributed by atoms with van der Waals surface area (Å²) in [5.74, 6) is 1.10. The number of carbonyl (C=O) groups is 1. The van der Waals surface area contributed by atoms with E-state index in [9.17, 15) is 4.79 Å². The molecule has 1 amide bonds. The molecule has 122 valence electrons. The maximum absolute atomic E-state index is 12.1. The van der Waals surface area contributed by atoms with Crippen molar-refractivity contribution >= 4 is 11.7 Å². The van der Waals surface area contributed by atoms with Crippen molar-refractivity contribution in [2.45, 2.75) is 32.9 Å². The van der Waals surface area contributed by atoms with E-state index in [1.54, 1.807) is 19.2 Å². The van der Waals surface area contributed by atoms with E-state index in [1.807, 2.05) is 45.0 Å². The van der Waals surface area contributed by atoms with Gasteiger partial charge in [0.25, 0.3) is 5.91 Å². The molecule has 0 aliphatic rings. The lowest BCUT2D eigenvalue weighted by Gasteiger charge is -2.20. The third-order valence-corrected chi connectivity index (χ3v) is 3.03. The van der Waals surface area contributed by atoms with Crippen LogP contribution in [0.5, 0.6) is 5.75 Å². The van der Waals surface area contributed by atoms with Crippen molar-refractivity contribution in [1.29, 1.82) is 0 Å². The Labute approximate surface area is 136 Å². The van der Waals surface area contributed by atoms with Crippen LogP contribution in [0, 0.1) is 0 Å². The average Bonchev–Trinajstić information content (AvgIpc) is 2.52. The van der Waals surface area contributed by atoms with Crippen molar-refractivity contribution in [3.8, 4) is 5.75 Å². The summed E-state index contributed by atoms with van der Waals surface area (Å²) in [5.41, 5.74) is 1.07. The molecular formula is C17H22N4O2. The Morgan fingerprint density at radius 3 is 2.48 bits per heavy atom. The fraction of sp³-hybridized carbons (Fsp3) is 0.353. The molecule has 0 saturated heterocycles. The molecule has 1 aromatic carbocycles. The van der Waals surface area contributed by atoms with Crippen LogP contribution in [0.4, 0.5) is 5.82 Å². The third-order valence-electron chi connectivity index (χ3n) is 3.03. The lowest BCUT2D eigenvalue weighted by molar-refractivity contribution is 0.0944. The summed E-state index contributed by atoms with van der Waals surface area (Å²) in [5, 5.41) is 14.0. The summed E-state index contributed by atoms with van der Waals surface area (Å²) < 4.78 is 5.26. The highest BCUT2D eigenvalue weighted by molar-refractivity contribution is 5.92. The lowest BCUT2D eigenvalue weighted by Crippen LogP contribution is -2.28. The zero-order valence-corrected chi connectivity index (χ0v) is 13.9. The number of hydrogen-bond donors (Lipinski definition) is 2. The molecule has 23 heavy (non-hydrogen) atoms. The molecule has 2 N–H and O–H groups in total. The fourth-order valence-electron chi connectivity index (χ4n) is 2.02. The Morgan fingerprint density at radius 1 is 1.13 bits per heavy atom. The minimum atomic E-state index is -0.272. The van der Waals surface area contributed by atoms with E-state index in [2.05, 4.69) is 20.8 Å². The first-order valence-electron chi connectivity index (χ1n) is 7.41. The minimum Gasteiger partial charge on any atom is -0.496 e. The molecule has 0 aliphatic carbocycles. The summed E-state index contributed by atoms with van der Waals surface area (Å²) in [7, 11) is 1.60. The molecule has 0 radical (unpaired) electrons. The van der Waals surface area contributed by atoms with Gasteiger partial charge in [0.1, 0.15) is 11.6 Å². The van der Waals surface area contributed by atoms with Crippen LogP contribution in [0.25, 0.3) is 0 Å². The molecule has 0 bridgehead atoms. The van der Waals surface area contributed by atoms with Crippen LogP contribution in [-0.4, -0.2) is 28.8 Å². The highest BCUT2D eigenvalue weighted by atomic mass is 16.5. The SMILES string of the molecule is COc1ccccc1CNC(=O)c1ccc(NC(C)(C)C)nn1. The first kappa shape index (κ1) is 16.7. The number of anilines is 1. The number of ether oxygens (including phenoxy) is 1. The predicted octanol–water partition coefficient (Wildman–Crippen LogP) is 2.63. The van der Waals surface area contributed by atoms with Gasteiger partial charge in [-0.15, -0.1) is 10.2 Å². The Morgan fingerprint density at radius 2 is 1.87 bits per heavy atom. The van der Waals surface area contributed by atoms with Gasteiger partial charge in [-0.05, 0) is 39.0 Å². The van der Waals surface area contributed by atoms with E-state index in [4.69, 9.17) is 4.74 Å². The Bertz CT molecular complexity index is 663. The Kier molecular flexibility index (Phi) is 5.16. The van der Waals surface area contributed by atoms with Gasteiger partial charge in [0.15, 0.2) is 5.69 Å². The molecule has 0 spiro atoms. The largest absolute Gasteiger partial charge is 0.496 e. The smallest absolute Gasteiger partial charge is 0.272 e. The van der Waals surface area contributed by atoms with Gasteiger partial charge in [0.2, 0.25) is 0 Å². The van der Waals surface area contributed by atoms with Crippen molar-refractivity contribution in [2.75, 3.05) is 12.4 Å². The van der Waals surface area contributed by atoms with Gasteiger partial charge in [-0.1, -0.05) is 18.2 Å². The van der Waals surface area contributed by atoms with Crippen molar-refractivity contribution in [1.82, 2.24) is 15.5 Å². The van der Waals surface area contributed by atoms with Crippen LogP contribution in [0.2, 0.25) is 0 Å². The third kappa shape index (κ3) is 4.95. The van der Waals surface area contributed by atoms with Crippen LogP contribution in [0.15, 0.2) is 36.4 Å². The van der Waals surface area contributed by atoms with Crippen LogP contribution >= 0.6 is 0 Å². The van der Waals surface area contributed by atoms with Crippen molar-refractivity contribution in [2.24, 2.45) is 0 Å². The van der Waals surface area contributed by atoms with Crippen molar-refractivity contribution < 1.29 is 9.53 Å². The van der Waals surface area contributed by atoms with E-state index >= 15 is 0 Å². The van der Waals surface area contributed by atoms with Gasteiger partial charge in [-0.3, -0.25) is 4.79 Å². The summed E-state index contributed by atoms with van der Waals surface area (Å²) >= 11 is 0. The first-order chi connectivity index (χ1) is 10.9. The summed E-state index contributed by atoms with van der Waals surface area (Å²) in [6.45, 7) is 6.46. The van der Waals surface area contributed by atoms with Gasteiger partial charge in [0.05, 0.1) is 7.11 Å². The average molecular weight is 314 g/mol. The lowest BCUT2D eigenvalue weighted by atomic mass is 10.1. The zero-order chi connectivity index (χ0) is 16.9. The van der Waals surface area contributed by atoms with E-state index in [1.165, 1.54) is 0 Å². The summed E-state index contributed by atoms with van der Waals surface area (Å²) in [4.78, 5) is 12.1. The van der Waals surface area contributed by atoms with Crippen LogP contribution in [0.1, 0.15) is 36.8 Å². The van der Waals surface area contributed by atoms with Crippen molar-refractivity contribution in [3.05, 3.63) is 47.7 Å². The summed E-state index contributed by atoms with van der Waals surface area (Å²) in [6, 6.07) is 10.9. The number of amides is 1. The normalized spacial score (nSPS) is 11.0. The molecule has 0 aliphatic heterocycles. The van der Waals surface area contributed by atoms with E-state index in [0.717, 1.165) is 11.3 Å². The Hall–Kier alpha value is -2.63. The fourth-order valence-corrected chi connectivity index (χ4v) is 2.02. The van der Waals surface area contributed by atoms with Crippen LogP contribution in [-0.2, 0) is 6.54 Å². The van der Waals surface area contributed by atoms with Crippen LogP contribution < -0.4 is 15.4 Å². The quantitative estimate of drug-likeness (QED) is 0.887. The number of rotatable bonds is 5. The molecule has 2 rings (SSSR count). The monoisotopic (exact) mass is 314 g/mol. The Balaban J connectivity index is 1.98. The standard InChI is InChI=1S/C17H22N4O2/c1-17(2,3)19-15-10-9-13(20-21-15)16(22)18-11-12-7-5-6-8-14(12)23-4/h5-10H,11H2,1-4H3,(H,18,22)(H,19,21). The molecule has 1 aromatic heterocycles. The van der Waals surface area contributed by atoms with Gasteiger partial charge < -0.3 is 15.4 Å². The van der Waals surface area contributed by atoms with Gasteiger partial charge >= 0.3 is 0 Å². The second kappa shape index (κ2) is 7.09. The van der Waals surface area contributed by atoms with Crippen molar-refractivity contribution in [3.63, 3.8) is 0 Å². The molecule has 1 heterocycles. The number of para-hydroxylation sites is 1. The number of hydrogen-bond acceptors (Lipinski definition) is 5. The predicted molar refractivity (Wildman–Crippen MR) is 89.6 cm³/mol. The molecule has 0 saturated carbocycles. The molecule has 0 fully saturated rings. The topological polar surface area (TPSA) is 76.1 Å².